The zero-order chi connectivity index (χ0) is 18.6. The van der Waals surface area contributed by atoms with Crippen molar-refractivity contribution in [3.05, 3.63) is 28.8 Å². The number of hydrogen-bond donors (Lipinski definition) is 1. The molecule has 0 aliphatic carbocycles. The Morgan fingerprint density at radius 3 is 2.96 bits per heavy atom. The number of hydrogen-bond acceptors (Lipinski definition) is 5. The summed E-state index contributed by atoms with van der Waals surface area (Å²) in [7, 11) is 0. The van der Waals surface area contributed by atoms with Crippen LogP contribution in [0, 0.1) is 11.8 Å². The highest BCUT2D eigenvalue weighted by atomic mass is 35.5. The lowest BCUT2D eigenvalue weighted by Gasteiger charge is -2.42. The number of benzene rings is 1. The third-order valence-electron chi connectivity index (χ3n) is 5.61. The molecule has 0 aromatic heterocycles. The van der Waals surface area contributed by atoms with E-state index < -0.39 is 29.4 Å². The molecular weight excluding hydrogens is 360 g/mol. The predicted octanol–water partition coefficient (Wildman–Crippen LogP) is 1.30. The highest BCUT2D eigenvalue weighted by Gasteiger charge is 2.67. The summed E-state index contributed by atoms with van der Waals surface area (Å²) in [4.78, 5) is 39.9. The molecule has 1 N–H and O–H groups in total. The highest BCUT2D eigenvalue weighted by Crippen LogP contribution is 2.56. The number of esters is 1. The number of rotatable bonds is 2. The lowest BCUT2D eigenvalue weighted by molar-refractivity contribution is -0.162. The zero-order valence-corrected chi connectivity index (χ0v) is 15.2. The van der Waals surface area contributed by atoms with Crippen molar-refractivity contribution in [1.29, 1.82) is 0 Å². The Morgan fingerprint density at radius 2 is 2.23 bits per heavy atom. The Kier molecular flexibility index (Phi) is 3.87. The van der Waals surface area contributed by atoms with Crippen LogP contribution in [0.5, 0.6) is 5.75 Å². The summed E-state index contributed by atoms with van der Waals surface area (Å²) in [5.41, 5.74) is -0.612. The monoisotopic (exact) mass is 378 g/mol. The molecule has 3 aliphatic heterocycles. The first-order chi connectivity index (χ1) is 12.4. The van der Waals surface area contributed by atoms with Gasteiger partial charge in [-0.05, 0) is 32.0 Å². The molecule has 138 valence electrons. The first-order valence-corrected chi connectivity index (χ1v) is 8.96. The quantitative estimate of drug-likeness (QED) is 0.784. The number of nitrogens with one attached hydrogen (secondary N) is 1. The lowest BCUT2D eigenvalue weighted by Crippen LogP contribution is -2.66. The summed E-state index contributed by atoms with van der Waals surface area (Å²) in [6, 6.07) is 4.73. The normalized spacial score (nSPS) is 32.1. The smallest absolute Gasteiger partial charge is 0.312 e. The third kappa shape index (κ3) is 2.16. The van der Waals surface area contributed by atoms with Gasteiger partial charge in [0.25, 0.3) is 0 Å². The maximum atomic E-state index is 12.8. The van der Waals surface area contributed by atoms with Gasteiger partial charge in [0.05, 0.1) is 31.7 Å². The van der Waals surface area contributed by atoms with Crippen molar-refractivity contribution in [2.75, 3.05) is 19.8 Å². The van der Waals surface area contributed by atoms with Crippen molar-refractivity contribution < 1.29 is 23.9 Å². The van der Waals surface area contributed by atoms with Gasteiger partial charge in [-0.15, -0.1) is 0 Å². The van der Waals surface area contributed by atoms with Gasteiger partial charge in [-0.2, -0.15) is 0 Å². The fourth-order valence-corrected chi connectivity index (χ4v) is 4.76. The highest BCUT2D eigenvalue weighted by molar-refractivity contribution is 6.30. The van der Waals surface area contributed by atoms with Gasteiger partial charge in [0.1, 0.15) is 11.3 Å². The predicted molar refractivity (Wildman–Crippen MR) is 91.6 cm³/mol. The number of nitrogens with zero attached hydrogens (tertiary/aromatic N) is 1. The van der Waals surface area contributed by atoms with E-state index >= 15 is 0 Å². The van der Waals surface area contributed by atoms with Crippen molar-refractivity contribution in [2.45, 2.75) is 25.4 Å². The van der Waals surface area contributed by atoms with Crippen LogP contribution in [0.3, 0.4) is 0 Å². The Morgan fingerprint density at radius 1 is 1.46 bits per heavy atom. The van der Waals surface area contributed by atoms with Gasteiger partial charge in [-0.3, -0.25) is 14.4 Å². The Balaban J connectivity index is 1.90. The van der Waals surface area contributed by atoms with Gasteiger partial charge in [-0.1, -0.05) is 11.6 Å². The molecule has 7 nitrogen and oxygen atoms in total. The largest absolute Gasteiger partial charge is 0.493 e. The number of carbonyl (C=O) groups excluding carboxylic acids is 3. The molecule has 0 bridgehead atoms. The average molecular weight is 379 g/mol. The number of amides is 2. The van der Waals surface area contributed by atoms with E-state index in [4.69, 9.17) is 21.1 Å². The van der Waals surface area contributed by atoms with E-state index in [-0.39, 0.29) is 31.6 Å². The van der Waals surface area contributed by atoms with E-state index in [0.717, 1.165) is 5.56 Å². The molecule has 8 heteroatoms. The number of ether oxygens (including phenoxy) is 2. The van der Waals surface area contributed by atoms with Crippen molar-refractivity contribution in [3.63, 3.8) is 0 Å². The van der Waals surface area contributed by atoms with Gasteiger partial charge >= 0.3 is 5.97 Å². The first-order valence-electron chi connectivity index (χ1n) is 8.59. The van der Waals surface area contributed by atoms with Crippen LogP contribution in [0.2, 0.25) is 5.02 Å². The minimum Gasteiger partial charge on any atom is -0.493 e. The summed E-state index contributed by atoms with van der Waals surface area (Å²) >= 11 is 6.16. The third-order valence-corrected chi connectivity index (χ3v) is 5.84. The summed E-state index contributed by atoms with van der Waals surface area (Å²) in [5, 5.41) is 3.11. The molecule has 2 fully saturated rings. The fraction of sp³-hybridized carbons (Fsp3) is 0.500. The molecule has 4 atom stereocenters. The standard InChI is InChI=1S/C18H19ClN2O5/c1-3-25-16(23)14-11-8-26-12-5-4-9(19)6-10(12)15(11)21-13(22)7-20-17(24)18(14,21)2/h4-6,11,14-15H,3,7-8H2,1-2H3,(H,20,24)/t11-,14-,15-,18-/m1/s1. The minimum absolute atomic E-state index is 0.0933. The van der Waals surface area contributed by atoms with Crippen LogP contribution in [0.1, 0.15) is 25.5 Å². The van der Waals surface area contributed by atoms with Gasteiger partial charge in [0.15, 0.2) is 0 Å². The van der Waals surface area contributed by atoms with E-state index in [0.29, 0.717) is 10.8 Å². The van der Waals surface area contributed by atoms with Crippen molar-refractivity contribution in [1.82, 2.24) is 10.2 Å². The van der Waals surface area contributed by atoms with Crippen LogP contribution in [0.25, 0.3) is 0 Å². The number of fused-ring (bicyclic) bond motifs is 5. The number of piperazine rings is 1. The molecule has 0 unspecified atom stereocenters. The number of halogens is 1. The van der Waals surface area contributed by atoms with Crippen LogP contribution >= 0.6 is 11.6 Å². The van der Waals surface area contributed by atoms with E-state index in [2.05, 4.69) is 5.32 Å². The topological polar surface area (TPSA) is 84.9 Å². The van der Waals surface area contributed by atoms with Crippen LogP contribution in [0.4, 0.5) is 0 Å². The zero-order valence-electron chi connectivity index (χ0n) is 14.5. The summed E-state index contributed by atoms with van der Waals surface area (Å²) < 4.78 is 11.1. The van der Waals surface area contributed by atoms with Gasteiger partial charge in [0.2, 0.25) is 11.8 Å². The van der Waals surface area contributed by atoms with Crippen LogP contribution < -0.4 is 10.1 Å². The molecule has 0 spiro atoms. The van der Waals surface area contributed by atoms with Gasteiger partial charge < -0.3 is 19.7 Å². The molecule has 0 saturated carbocycles. The molecule has 3 aliphatic rings. The molecule has 1 aromatic rings. The molecule has 0 radical (unpaired) electrons. The van der Waals surface area contributed by atoms with Crippen LogP contribution in [-0.2, 0) is 19.1 Å². The summed E-state index contributed by atoms with van der Waals surface area (Å²) in [6.45, 7) is 3.66. The molecule has 2 amide bonds. The van der Waals surface area contributed by atoms with E-state index in [9.17, 15) is 14.4 Å². The molecule has 1 aromatic carbocycles. The maximum Gasteiger partial charge on any atom is 0.312 e. The van der Waals surface area contributed by atoms with Gasteiger partial charge in [-0.25, -0.2) is 0 Å². The second kappa shape index (κ2) is 5.87. The summed E-state index contributed by atoms with van der Waals surface area (Å²) in [6.07, 6.45) is 0. The number of carbonyl (C=O) groups is 3. The average Bonchev–Trinajstić information content (AvgIpc) is 2.89. The van der Waals surface area contributed by atoms with E-state index in [1.807, 2.05) is 0 Å². The van der Waals surface area contributed by atoms with Crippen molar-refractivity contribution in [3.8, 4) is 5.75 Å². The summed E-state index contributed by atoms with van der Waals surface area (Å²) in [5.74, 6) is -1.68. The Bertz CT molecular complexity index is 813. The SMILES string of the molecule is CCOC(=O)[C@H]1[C@H]2COc3ccc(Cl)cc3[C@H]2N2C(=O)CNC(=O)[C@@]12C. The molecule has 4 rings (SSSR count). The van der Waals surface area contributed by atoms with Crippen LogP contribution in [0.15, 0.2) is 18.2 Å². The minimum atomic E-state index is -1.33. The van der Waals surface area contributed by atoms with Crippen molar-refractivity contribution in [2.24, 2.45) is 11.8 Å². The lowest BCUT2D eigenvalue weighted by atomic mass is 9.77. The van der Waals surface area contributed by atoms with Crippen molar-refractivity contribution >= 4 is 29.4 Å². The van der Waals surface area contributed by atoms with E-state index in [1.54, 1.807) is 32.0 Å². The Labute approximate surface area is 155 Å². The fourth-order valence-electron chi connectivity index (χ4n) is 4.58. The second-order valence-electron chi connectivity index (χ2n) is 6.93. The molecule has 3 heterocycles. The second-order valence-corrected chi connectivity index (χ2v) is 7.36. The van der Waals surface area contributed by atoms with Crippen LogP contribution in [-0.4, -0.2) is 48.0 Å². The molecular formula is C18H19ClN2O5. The maximum absolute atomic E-state index is 12.8. The molecule has 26 heavy (non-hydrogen) atoms. The Hall–Kier alpha value is -2.28. The van der Waals surface area contributed by atoms with E-state index in [1.165, 1.54) is 4.90 Å². The molecule has 2 saturated heterocycles. The first kappa shape index (κ1) is 17.1. The van der Waals surface area contributed by atoms with Gasteiger partial charge in [0, 0.05) is 16.5 Å².